The Labute approximate surface area is 115 Å². The minimum Gasteiger partial charge on any atom is -0.379 e. The van der Waals surface area contributed by atoms with Crippen LogP contribution in [0, 0.1) is 5.92 Å². The molecule has 0 saturated carbocycles. The Kier molecular flexibility index (Phi) is 3.86. The molecule has 0 radical (unpaired) electrons. The largest absolute Gasteiger partial charge is 0.379 e. The van der Waals surface area contributed by atoms with Crippen LogP contribution in [0.4, 0.5) is 0 Å². The smallest absolute Gasteiger partial charge is 0.122 e. The summed E-state index contributed by atoms with van der Waals surface area (Å²) in [5, 5.41) is 0. The molecule has 2 atom stereocenters. The summed E-state index contributed by atoms with van der Waals surface area (Å²) in [6.07, 6.45) is 3.98. The van der Waals surface area contributed by atoms with Crippen LogP contribution in [0.25, 0.3) is 0 Å². The molecule has 5 heteroatoms. The quantitative estimate of drug-likeness (QED) is 0.803. The van der Waals surface area contributed by atoms with Crippen molar-refractivity contribution in [1.29, 1.82) is 0 Å². The Morgan fingerprint density at radius 2 is 2.21 bits per heavy atom. The van der Waals surface area contributed by atoms with Gasteiger partial charge in [0.1, 0.15) is 5.82 Å². The summed E-state index contributed by atoms with van der Waals surface area (Å²) >= 11 is 0. The van der Waals surface area contributed by atoms with Crippen LogP contribution in [-0.4, -0.2) is 65.3 Å². The molecule has 1 aromatic heterocycles. The van der Waals surface area contributed by atoms with Crippen molar-refractivity contribution in [2.45, 2.75) is 26.1 Å². The number of aromatic nitrogens is 2. The van der Waals surface area contributed by atoms with Gasteiger partial charge in [-0.15, -0.1) is 0 Å². The van der Waals surface area contributed by atoms with Gasteiger partial charge in [0.15, 0.2) is 0 Å². The number of fused-ring (bicyclic) bond motifs is 3. The third kappa shape index (κ3) is 2.83. The minimum absolute atomic E-state index is 0.500. The van der Waals surface area contributed by atoms with Crippen LogP contribution in [0.3, 0.4) is 0 Å². The molecule has 106 valence electrons. The zero-order valence-electron chi connectivity index (χ0n) is 12.0. The second kappa shape index (κ2) is 5.61. The molecule has 1 aromatic rings. The van der Waals surface area contributed by atoms with E-state index in [0.29, 0.717) is 12.0 Å². The predicted molar refractivity (Wildman–Crippen MR) is 73.9 cm³/mol. The Balaban J connectivity index is 1.76. The minimum atomic E-state index is 0.500. The van der Waals surface area contributed by atoms with Crippen molar-refractivity contribution in [3.8, 4) is 0 Å². The molecule has 0 aliphatic carbocycles. The van der Waals surface area contributed by atoms with Crippen molar-refractivity contribution in [2.24, 2.45) is 5.92 Å². The SMILES string of the molecule is CCn1ccnc1CN1C[C@H]2COC[C@@H]1CN(C)C2. The highest BCUT2D eigenvalue weighted by Crippen LogP contribution is 2.20. The van der Waals surface area contributed by atoms with Crippen LogP contribution in [0.1, 0.15) is 12.7 Å². The summed E-state index contributed by atoms with van der Waals surface area (Å²) in [5.41, 5.74) is 0. The molecular weight excluding hydrogens is 240 g/mol. The average Bonchev–Trinajstić information content (AvgIpc) is 2.66. The molecule has 0 aromatic carbocycles. The fourth-order valence-electron chi connectivity index (χ4n) is 3.32. The van der Waals surface area contributed by atoms with Crippen LogP contribution < -0.4 is 0 Å². The molecule has 0 spiro atoms. The lowest BCUT2D eigenvalue weighted by Crippen LogP contribution is -2.42. The number of likely N-dealkylation sites (N-methyl/N-ethyl adjacent to an activating group) is 1. The third-order valence-electron chi connectivity index (χ3n) is 4.25. The Bertz CT molecular complexity index is 419. The zero-order chi connectivity index (χ0) is 13.2. The number of imidazole rings is 1. The van der Waals surface area contributed by atoms with Crippen molar-refractivity contribution in [3.05, 3.63) is 18.2 Å². The average molecular weight is 264 g/mol. The molecule has 3 heterocycles. The molecule has 3 rings (SSSR count). The molecule has 5 nitrogen and oxygen atoms in total. The number of nitrogens with zero attached hydrogens (tertiary/aromatic N) is 4. The summed E-state index contributed by atoms with van der Waals surface area (Å²) in [6, 6.07) is 0.500. The summed E-state index contributed by atoms with van der Waals surface area (Å²) in [4.78, 5) is 9.53. The van der Waals surface area contributed by atoms with E-state index in [-0.39, 0.29) is 0 Å². The summed E-state index contributed by atoms with van der Waals surface area (Å²) < 4.78 is 8.06. The standard InChI is InChI=1S/C14H24N4O/c1-3-17-5-4-15-14(17)9-18-7-12-6-16(2)8-13(18)11-19-10-12/h4-5,12-13H,3,6-11H2,1-2H3/t12-,13-/m0/s1. The molecule has 2 aliphatic rings. The first-order valence-electron chi connectivity index (χ1n) is 7.26. The van der Waals surface area contributed by atoms with Gasteiger partial charge in [-0.2, -0.15) is 0 Å². The topological polar surface area (TPSA) is 33.5 Å². The highest BCUT2D eigenvalue weighted by atomic mass is 16.5. The van der Waals surface area contributed by atoms with Crippen molar-refractivity contribution in [1.82, 2.24) is 19.4 Å². The maximum atomic E-state index is 5.82. The summed E-state index contributed by atoms with van der Waals surface area (Å²) in [6.45, 7) is 9.24. The van der Waals surface area contributed by atoms with E-state index < -0.39 is 0 Å². The van der Waals surface area contributed by atoms with E-state index in [1.165, 1.54) is 5.82 Å². The molecule has 2 bridgehead atoms. The molecule has 2 fully saturated rings. The number of ether oxygens (including phenoxy) is 1. The van der Waals surface area contributed by atoms with Crippen molar-refractivity contribution in [3.63, 3.8) is 0 Å². The Morgan fingerprint density at radius 3 is 3.05 bits per heavy atom. The molecule has 2 saturated heterocycles. The van der Waals surface area contributed by atoms with Gasteiger partial charge in [-0.25, -0.2) is 4.98 Å². The van der Waals surface area contributed by atoms with Crippen molar-refractivity contribution >= 4 is 0 Å². The highest BCUT2D eigenvalue weighted by Gasteiger charge is 2.32. The van der Waals surface area contributed by atoms with Gasteiger partial charge < -0.3 is 14.2 Å². The van der Waals surface area contributed by atoms with Gasteiger partial charge in [0, 0.05) is 50.5 Å². The van der Waals surface area contributed by atoms with Crippen LogP contribution in [0.15, 0.2) is 12.4 Å². The van der Waals surface area contributed by atoms with Crippen LogP contribution in [0.5, 0.6) is 0 Å². The number of hydrogen-bond acceptors (Lipinski definition) is 4. The molecule has 0 unspecified atom stereocenters. The van der Waals surface area contributed by atoms with E-state index in [1.54, 1.807) is 0 Å². The number of rotatable bonds is 3. The fourth-order valence-corrected chi connectivity index (χ4v) is 3.32. The maximum Gasteiger partial charge on any atom is 0.122 e. The van der Waals surface area contributed by atoms with Gasteiger partial charge >= 0.3 is 0 Å². The number of aryl methyl sites for hydroxylation is 1. The lowest BCUT2D eigenvalue weighted by Gasteiger charge is -2.29. The van der Waals surface area contributed by atoms with E-state index >= 15 is 0 Å². The molecule has 0 amide bonds. The summed E-state index contributed by atoms with van der Waals surface area (Å²) in [7, 11) is 2.22. The molecule has 2 aliphatic heterocycles. The van der Waals surface area contributed by atoms with Gasteiger partial charge in [0.25, 0.3) is 0 Å². The Morgan fingerprint density at radius 1 is 1.32 bits per heavy atom. The highest BCUT2D eigenvalue weighted by molar-refractivity contribution is 4.95. The van der Waals surface area contributed by atoms with Gasteiger partial charge in [-0.05, 0) is 14.0 Å². The van der Waals surface area contributed by atoms with E-state index in [0.717, 1.165) is 45.9 Å². The van der Waals surface area contributed by atoms with Crippen LogP contribution in [0.2, 0.25) is 0 Å². The second-order valence-electron chi connectivity index (χ2n) is 5.84. The molecule has 19 heavy (non-hydrogen) atoms. The molecule has 0 N–H and O–H groups in total. The summed E-state index contributed by atoms with van der Waals surface area (Å²) in [5.74, 6) is 1.81. The monoisotopic (exact) mass is 264 g/mol. The van der Waals surface area contributed by atoms with E-state index in [2.05, 4.69) is 39.5 Å². The predicted octanol–water partition coefficient (Wildman–Crippen LogP) is 0.665. The number of hydrogen-bond donors (Lipinski definition) is 0. The second-order valence-corrected chi connectivity index (χ2v) is 5.84. The normalized spacial score (nSPS) is 29.4. The maximum absolute atomic E-state index is 5.82. The van der Waals surface area contributed by atoms with Gasteiger partial charge in [0.05, 0.1) is 19.8 Å². The first-order chi connectivity index (χ1) is 9.26. The van der Waals surface area contributed by atoms with Crippen LogP contribution >= 0.6 is 0 Å². The fraction of sp³-hybridized carbons (Fsp3) is 0.786. The van der Waals surface area contributed by atoms with Crippen molar-refractivity contribution in [2.75, 3.05) is 39.9 Å². The van der Waals surface area contributed by atoms with E-state index in [1.807, 2.05) is 6.20 Å². The first kappa shape index (κ1) is 13.1. The first-order valence-corrected chi connectivity index (χ1v) is 7.26. The Hall–Kier alpha value is -0.910. The lowest BCUT2D eigenvalue weighted by atomic mass is 10.1. The lowest BCUT2D eigenvalue weighted by molar-refractivity contribution is 0.0556. The van der Waals surface area contributed by atoms with Gasteiger partial charge in [-0.3, -0.25) is 4.90 Å². The van der Waals surface area contributed by atoms with Gasteiger partial charge in [0.2, 0.25) is 0 Å². The third-order valence-corrected chi connectivity index (χ3v) is 4.25. The van der Waals surface area contributed by atoms with E-state index in [9.17, 15) is 0 Å². The van der Waals surface area contributed by atoms with Crippen LogP contribution in [-0.2, 0) is 17.8 Å². The molecular formula is C14H24N4O. The zero-order valence-corrected chi connectivity index (χ0v) is 12.0. The van der Waals surface area contributed by atoms with Crippen molar-refractivity contribution < 1.29 is 4.74 Å². The van der Waals surface area contributed by atoms with Gasteiger partial charge in [-0.1, -0.05) is 0 Å². The van der Waals surface area contributed by atoms with E-state index in [4.69, 9.17) is 4.74 Å².